The number of carbonyl (C=O) groups is 3. The van der Waals surface area contributed by atoms with Crippen molar-refractivity contribution in [3.05, 3.63) is 41.6 Å². The van der Waals surface area contributed by atoms with Gasteiger partial charge in [-0.1, -0.05) is 44.2 Å². The van der Waals surface area contributed by atoms with Gasteiger partial charge in [0.25, 0.3) is 5.91 Å². The second kappa shape index (κ2) is 7.97. The summed E-state index contributed by atoms with van der Waals surface area (Å²) in [4.78, 5) is 34.5. The molecule has 0 aliphatic carbocycles. The first-order valence-electron chi connectivity index (χ1n) is 6.87. The van der Waals surface area contributed by atoms with Crippen LogP contribution in [0.15, 0.2) is 36.0 Å². The van der Waals surface area contributed by atoms with Crippen molar-refractivity contribution in [3.63, 3.8) is 0 Å². The largest absolute Gasteiger partial charge is 0.548 e. The highest BCUT2D eigenvalue weighted by atomic mass is 16.4. The molecule has 2 amide bonds. The van der Waals surface area contributed by atoms with Crippen molar-refractivity contribution in [3.8, 4) is 0 Å². The van der Waals surface area contributed by atoms with E-state index < -0.39 is 23.8 Å². The van der Waals surface area contributed by atoms with E-state index in [1.165, 1.54) is 13.0 Å². The van der Waals surface area contributed by atoms with Gasteiger partial charge in [-0.05, 0) is 17.6 Å². The van der Waals surface area contributed by atoms with Gasteiger partial charge in [0.1, 0.15) is 5.70 Å². The van der Waals surface area contributed by atoms with E-state index in [2.05, 4.69) is 10.6 Å². The molecule has 0 aromatic heterocycles. The molecule has 0 bridgehead atoms. The molecular formula is C16H19N2O4-. The van der Waals surface area contributed by atoms with Gasteiger partial charge in [0, 0.05) is 6.92 Å². The molecule has 0 saturated carbocycles. The van der Waals surface area contributed by atoms with Crippen LogP contribution in [0.4, 0.5) is 0 Å². The predicted molar refractivity (Wildman–Crippen MR) is 80.0 cm³/mol. The van der Waals surface area contributed by atoms with Gasteiger partial charge in [-0.15, -0.1) is 0 Å². The molecule has 1 atom stereocenters. The van der Waals surface area contributed by atoms with Gasteiger partial charge in [0.15, 0.2) is 0 Å². The molecule has 2 N–H and O–H groups in total. The van der Waals surface area contributed by atoms with Crippen LogP contribution < -0.4 is 15.7 Å². The van der Waals surface area contributed by atoms with Crippen LogP contribution in [0, 0.1) is 5.92 Å². The van der Waals surface area contributed by atoms with Crippen molar-refractivity contribution in [2.75, 3.05) is 0 Å². The number of nitrogens with one attached hydrogen (secondary N) is 2. The van der Waals surface area contributed by atoms with E-state index in [-0.39, 0.29) is 11.6 Å². The zero-order chi connectivity index (χ0) is 16.7. The lowest BCUT2D eigenvalue weighted by Gasteiger charge is -2.23. The second-order valence-electron chi connectivity index (χ2n) is 5.16. The number of carbonyl (C=O) groups excluding carboxylic acids is 3. The molecule has 0 aliphatic rings. The van der Waals surface area contributed by atoms with Crippen molar-refractivity contribution < 1.29 is 19.5 Å². The second-order valence-corrected chi connectivity index (χ2v) is 5.16. The highest BCUT2D eigenvalue weighted by Crippen LogP contribution is 2.07. The van der Waals surface area contributed by atoms with Gasteiger partial charge in [-0.2, -0.15) is 0 Å². The van der Waals surface area contributed by atoms with Crippen molar-refractivity contribution in [1.29, 1.82) is 0 Å². The number of hydrogen-bond acceptors (Lipinski definition) is 4. The Labute approximate surface area is 129 Å². The van der Waals surface area contributed by atoms with Crippen molar-refractivity contribution >= 4 is 23.9 Å². The highest BCUT2D eigenvalue weighted by molar-refractivity contribution is 6.02. The van der Waals surface area contributed by atoms with E-state index in [9.17, 15) is 19.5 Å². The highest BCUT2D eigenvalue weighted by Gasteiger charge is 2.20. The van der Waals surface area contributed by atoms with Gasteiger partial charge in [-0.25, -0.2) is 0 Å². The lowest BCUT2D eigenvalue weighted by Crippen LogP contribution is -2.52. The molecule has 1 rings (SSSR count). The molecule has 118 valence electrons. The smallest absolute Gasteiger partial charge is 0.268 e. The molecular weight excluding hydrogens is 284 g/mol. The normalized spacial score (nSPS) is 12.6. The van der Waals surface area contributed by atoms with Crippen molar-refractivity contribution in [1.82, 2.24) is 10.6 Å². The van der Waals surface area contributed by atoms with Crippen LogP contribution in [-0.4, -0.2) is 23.8 Å². The average Bonchev–Trinajstić information content (AvgIpc) is 2.43. The number of carboxylic acid groups (broad SMARTS) is 1. The first-order valence-corrected chi connectivity index (χ1v) is 6.87. The van der Waals surface area contributed by atoms with E-state index in [1.54, 1.807) is 38.1 Å². The summed E-state index contributed by atoms with van der Waals surface area (Å²) >= 11 is 0. The lowest BCUT2D eigenvalue weighted by molar-refractivity contribution is -0.309. The summed E-state index contributed by atoms with van der Waals surface area (Å²) in [6, 6.07) is 7.77. The van der Waals surface area contributed by atoms with Gasteiger partial charge in [-0.3, -0.25) is 9.59 Å². The molecule has 0 heterocycles. The third-order valence-corrected chi connectivity index (χ3v) is 2.87. The van der Waals surface area contributed by atoms with Gasteiger partial charge in [0.2, 0.25) is 5.91 Å². The Morgan fingerprint density at radius 1 is 1.14 bits per heavy atom. The van der Waals surface area contributed by atoms with Crippen LogP contribution in [0.2, 0.25) is 0 Å². The van der Waals surface area contributed by atoms with Crippen LogP contribution in [0.25, 0.3) is 6.08 Å². The molecule has 0 radical (unpaired) electrons. The summed E-state index contributed by atoms with van der Waals surface area (Å²) in [5.74, 6) is -2.82. The fraction of sp³-hybridized carbons (Fsp3) is 0.312. The van der Waals surface area contributed by atoms with Crippen LogP contribution in [0.5, 0.6) is 0 Å². The maximum Gasteiger partial charge on any atom is 0.268 e. The van der Waals surface area contributed by atoms with E-state index >= 15 is 0 Å². The van der Waals surface area contributed by atoms with Gasteiger partial charge < -0.3 is 20.5 Å². The molecule has 0 fully saturated rings. The monoisotopic (exact) mass is 303 g/mol. The quantitative estimate of drug-likeness (QED) is 0.726. The number of benzene rings is 1. The summed E-state index contributed by atoms with van der Waals surface area (Å²) in [6.45, 7) is 4.57. The summed E-state index contributed by atoms with van der Waals surface area (Å²) in [7, 11) is 0. The maximum absolute atomic E-state index is 12.2. The van der Waals surface area contributed by atoms with Crippen molar-refractivity contribution in [2.24, 2.45) is 5.92 Å². The molecule has 0 unspecified atom stereocenters. The average molecular weight is 303 g/mol. The fourth-order valence-corrected chi connectivity index (χ4v) is 1.78. The number of hydrogen-bond donors (Lipinski definition) is 2. The summed E-state index contributed by atoms with van der Waals surface area (Å²) < 4.78 is 0. The first kappa shape index (κ1) is 17.4. The molecule has 1 aromatic carbocycles. The minimum atomic E-state index is -1.37. The molecule has 1 aromatic rings. The Hall–Kier alpha value is -2.63. The Morgan fingerprint density at radius 2 is 1.73 bits per heavy atom. The summed E-state index contributed by atoms with van der Waals surface area (Å²) in [5, 5.41) is 15.8. The Bertz CT molecular complexity index is 579. The maximum atomic E-state index is 12.2. The molecule has 0 spiro atoms. The van der Waals surface area contributed by atoms with E-state index in [1.807, 2.05) is 6.07 Å². The molecule has 22 heavy (non-hydrogen) atoms. The molecule has 0 saturated heterocycles. The van der Waals surface area contributed by atoms with Crippen LogP contribution in [0.1, 0.15) is 26.3 Å². The predicted octanol–water partition coefficient (Wildman–Crippen LogP) is 0.0543. The van der Waals surface area contributed by atoms with Gasteiger partial charge in [0.05, 0.1) is 12.0 Å². The van der Waals surface area contributed by atoms with Crippen LogP contribution in [-0.2, 0) is 14.4 Å². The van der Waals surface area contributed by atoms with E-state index in [0.29, 0.717) is 5.56 Å². The minimum Gasteiger partial charge on any atom is -0.548 e. The molecule has 6 nitrogen and oxygen atoms in total. The van der Waals surface area contributed by atoms with Crippen molar-refractivity contribution in [2.45, 2.75) is 26.8 Å². The number of carboxylic acids is 1. The summed E-state index contributed by atoms with van der Waals surface area (Å²) in [6.07, 6.45) is 1.48. The first-order chi connectivity index (χ1) is 10.3. The van der Waals surface area contributed by atoms with Crippen LogP contribution in [0.3, 0.4) is 0 Å². The zero-order valence-corrected chi connectivity index (χ0v) is 12.8. The Morgan fingerprint density at radius 3 is 2.18 bits per heavy atom. The van der Waals surface area contributed by atoms with E-state index in [4.69, 9.17) is 0 Å². The van der Waals surface area contributed by atoms with Crippen LogP contribution >= 0.6 is 0 Å². The third kappa shape index (κ3) is 5.40. The molecule has 0 aliphatic heterocycles. The Balaban J connectivity index is 3.01. The number of amides is 2. The lowest BCUT2D eigenvalue weighted by atomic mass is 10.0. The summed E-state index contributed by atoms with van der Waals surface area (Å²) in [5.41, 5.74) is 0.682. The number of rotatable bonds is 6. The van der Waals surface area contributed by atoms with E-state index in [0.717, 1.165) is 0 Å². The Kier molecular flexibility index (Phi) is 6.31. The fourth-order valence-electron chi connectivity index (χ4n) is 1.78. The minimum absolute atomic E-state index is 0.0226. The zero-order valence-electron chi connectivity index (χ0n) is 12.8. The van der Waals surface area contributed by atoms with Gasteiger partial charge >= 0.3 is 0 Å². The third-order valence-electron chi connectivity index (χ3n) is 2.87. The number of aliphatic carboxylic acids is 1. The topological polar surface area (TPSA) is 98.3 Å². The standard InChI is InChI=1S/C16H20N2O4/c1-10(2)14(16(21)22)18-15(20)13(17-11(3)19)9-12-7-5-4-6-8-12/h4-10,14H,1-3H3,(H,17,19)(H,18,20)(H,21,22)/p-1/b13-9-/t14-/m1/s1. The SMILES string of the molecule is CC(=O)N/C(=C\c1ccccc1)C(=O)N[C@@H](C(=O)[O-])C(C)C. The molecule has 6 heteroatoms.